The number of phenols is 2. The first-order valence-electron chi connectivity index (χ1n) is 7.41. The molecule has 0 saturated carbocycles. The van der Waals surface area contributed by atoms with Crippen molar-refractivity contribution in [2.75, 3.05) is 13.1 Å². The van der Waals surface area contributed by atoms with E-state index in [2.05, 4.69) is 5.32 Å². The highest BCUT2D eigenvalue weighted by molar-refractivity contribution is 5.69. The first-order chi connectivity index (χ1) is 10.2. The van der Waals surface area contributed by atoms with Crippen LogP contribution in [0.5, 0.6) is 11.5 Å². The Kier molecular flexibility index (Phi) is 4.51. The minimum atomic E-state index is -0.490. The van der Waals surface area contributed by atoms with E-state index >= 15 is 0 Å². The summed E-state index contributed by atoms with van der Waals surface area (Å²) in [6.07, 6.45) is -0.307. The van der Waals surface area contributed by atoms with Crippen LogP contribution in [-0.2, 0) is 4.74 Å². The van der Waals surface area contributed by atoms with E-state index in [1.54, 1.807) is 4.90 Å². The normalized spacial score (nSPS) is 17.0. The number of hydrogen-bond acceptors (Lipinski definition) is 5. The smallest absolute Gasteiger partial charge is 0.410 e. The Labute approximate surface area is 130 Å². The highest BCUT2D eigenvalue weighted by atomic mass is 16.6. The summed E-state index contributed by atoms with van der Waals surface area (Å²) in [6.45, 7) is 8.57. The highest BCUT2D eigenvalue weighted by Gasteiger charge is 2.34. The number of amides is 1. The van der Waals surface area contributed by atoms with Gasteiger partial charge in [-0.1, -0.05) is 0 Å². The summed E-state index contributed by atoms with van der Waals surface area (Å²) in [7, 11) is 0. The maximum Gasteiger partial charge on any atom is 0.410 e. The molecule has 0 bridgehead atoms. The number of ether oxygens (including phenoxy) is 1. The molecule has 1 amide bonds. The van der Waals surface area contributed by atoms with Crippen LogP contribution in [0.25, 0.3) is 0 Å². The fourth-order valence-corrected chi connectivity index (χ4v) is 2.39. The van der Waals surface area contributed by atoms with E-state index in [1.807, 2.05) is 27.7 Å². The van der Waals surface area contributed by atoms with Gasteiger partial charge in [-0.25, -0.2) is 4.79 Å². The van der Waals surface area contributed by atoms with Crippen molar-refractivity contribution in [3.8, 4) is 11.5 Å². The Bertz CT molecular complexity index is 548. The van der Waals surface area contributed by atoms with Crippen LogP contribution in [0.2, 0.25) is 0 Å². The van der Waals surface area contributed by atoms with Gasteiger partial charge in [0.1, 0.15) is 17.1 Å². The van der Waals surface area contributed by atoms with Crippen molar-refractivity contribution in [2.45, 2.75) is 45.4 Å². The molecular formula is C16H24N2O4. The molecule has 122 valence electrons. The average Bonchev–Trinajstić information content (AvgIpc) is 2.33. The Balaban J connectivity index is 1.85. The number of carbonyl (C=O) groups is 1. The van der Waals surface area contributed by atoms with E-state index in [9.17, 15) is 15.0 Å². The zero-order valence-electron chi connectivity index (χ0n) is 13.5. The van der Waals surface area contributed by atoms with Crippen molar-refractivity contribution in [3.05, 3.63) is 23.8 Å². The summed E-state index contributed by atoms with van der Waals surface area (Å²) < 4.78 is 5.30. The molecular weight excluding hydrogens is 284 g/mol. The topological polar surface area (TPSA) is 82.0 Å². The Morgan fingerprint density at radius 3 is 2.59 bits per heavy atom. The van der Waals surface area contributed by atoms with Crippen LogP contribution in [0.1, 0.15) is 39.3 Å². The van der Waals surface area contributed by atoms with Gasteiger partial charge in [-0.2, -0.15) is 0 Å². The van der Waals surface area contributed by atoms with Crippen molar-refractivity contribution in [1.82, 2.24) is 10.2 Å². The molecule has 0 aromatic heterocycles. The molecule has 1 unspecified atom stereocenters. The average molecular weight is 308 g/mol. The number of likely N-dealkylation sites (tertiary alicyclic amines) is 1. The third-order valence-corrected chi connectivity index (χ3v) is 3.50. The number of rotatable bonds is 3. The van der Waals surface area contributed by atoms with Crippen LogP contribution >= 0.6 is 0 Å². The lowest BCUT2D eigenvalue weighted by atomic mass is 10.0. The van der Waals surface area contributed by atoms with Gasteiger partial charge in [0, 0.05) is 30.7 Å². The van der Waals surface area contributed by atoms with Gasteiger partial charge >= 0.3 is 6.09 Å². The number of hydrogen-bond donors (Lipinski definition) is 3. The van der Waals surface area contributed by atoms with E-state index < -0.39 is 5.60 Å². The lowest BCUT2D eigenvalue weighted by Gasteiger charge is -2.41. The van der Waals surface area contributed by atoms with E-state index in [1.165, 1.54) is 18.2 Å². The van der Waals surface area contributed by atoms with Gasteiger partial charge < -0.3 is 25.2 Å². The van der Waals surface area contributed by atoms with Crippen molar-refractivity contribution < 1.29 is 19.7 Å². The van der Waals surface area contributed by atoms with Crippen LogP contribution < -0.4 is 5.32 Å². The van der Waals surface area contributed by atoms with E-state index in [0.717, 1.165) is 0 Å². The van der Waals surface area contributed by atoms with Crippen LogP contribution in [0.4, 0.5) is 4.79 Å². The predicted molar refractivity (Wildman–Crippen MR) is 82.9 cm³/mol. The van der Waals surface area contributed by atoms with Gasteiger partial charge in [0.05, 0.1) is 0 Å². The number of aromatic hydroxyl groups is 2. The second-order valence-corrected chi connectivity index (χ2v) is 6.71. The number of benzene rings is 1. The fraction of sp³-hybridized carbons (Fsp3) is 0.562. The molecule has 1 atom stereocenters. The molecule has 0 aliphatic carbocycles. The Hall–Kier alpha value is -1.95. The third kappa shape index (κ3) is 4.04. The summed E-state index contributed by atoms with van der Waals surface area (Å²) in [4.78, 5) is 13.5. The summed E-state index contributed by atoms with van der Waals surface area (Å²) in [5, 5.41) is 22.7. The van der Waals surface area contributed by atoms with Gasteiger partial charge in [0.15, 0.2) is 0 Å². The maximum absolute atomic E-state index is 11.8. The number of phenolic OH excluding ortho intramolecular Hbond substituents is 2. The fourth-order valence-electron chi connectivity index (χ4n) is 2.39. The van der Waals surface area contributed by atoms with Gasteiger partial charge in [-0.15, -0.1) is 0 Å². The largest absolute Gasteiger partial charge is 0.508 e. The minimum absolute atomic E-state index is 0.116. The van der Waals surface area contributed by atoms with Crippen molar-refractivity contribution in [3.63, 3.8) is 0 Å². The molecule has 6 heteroatoms. The minimum Gasteiger partial charge on any atom is -0.508 e. The van der Waals surface area contributed by atoms with Crippen LogP contribution in [0.15, 0.2) is 18.2 Å². The number of nitrogens with one attached hydrogen (secondary N) is 1. The first kappa shape index (κ1) is 16.4. The standard InChI is InChI=1S/C16H24N2O4/c1-10(13-7-12(19)5-6-14(13)20)17-11-8-18(9-11)15(21)22-16(2,3)4/h5-7,10-11,17,19-20H,8-9H2,1-4H3. The monoisotopic (exact) mass is 308 g/mol. The Morgan fingerprint density at radius 2 is 2.00 bits per heavy atom. The Morgan fingerprint density at radius 1 is 1.36 bits per heavy atom. The lowest BCUT2D eigenvalue weighted by Crippen LogP contribution is -2.60. The number of nitrogens with zero attached hydrogens (tertiary/aromatic N) is 1. The van der Waals surface area contributed by atoms with Crippen LogP contribution in [-0.4, -0.2) is 45.9 Å². The van der Waals surface area contributed by atoms with E-state index in [4.69, 9.17) is 4.74 Å². The molecule has 1 aromatic carbocycles. The van der Waals surface area contributed by atoms with Gasteiger partial charge in [0.25, 0.3) is 0 Å². The molecule has 22 heavy (non-hydrogen) atoms. The van der Waals surface area contributed by atoms with Gasteiger partial charge in [-0.05, 0) is 45.9 Å². The summed E-state index contributed by atoms with van der Waals surface area (Å²) in [6, 6.07) is 4.47. The molecule has 0 radical (unpaired) electrons. The van der Waals surface area contributed by atoms with Crippen LogP contribution in [0, 0.1) is 0 Å². The molecule has 3 N–H and O–H groups in total. The summed E-state index contributed by atoms with van der Waals surface area (Å²) in [5.41, 5.74) is 0.145. The molecule has 0 spiro atoms. The molecule has 1 fully saturated rings. The first-order valence-corrected chi connectivity index (χ1v) is 7.41. The molecule has 1 saturated heterocycles. The molecule has 1 aromatic rings. The molecule has 1 aliphatic heterocycles. The van der Waals surface area contributed by atoms with Crippen molar-refractivity contribution >= 4 is 6.09 Å². The zero-order valence-corrected chi connectivity index (χ0v) is 13.5. The van der Waals surface area contributed by atoms with E-state index in [-0.39, 0.29) is 29.7 Å². The highest BCUT2D eigenvalue weighted by Crippen LogP contribution is 2.28. The van der Waals surface area contributed by atoms with E-state index in [0.29, 0.717) is 18.7 Å². The summed E-state index contributed by atoms with van der Waals surface area (Å²) >= 11 is 0. The quantitative estimate of drug-likeness (QED) is 0.747. The van der Waals surface area contributed by atoms with Crippen molar-refractivity contribution in [2.24, 2.45) is 0 Å². The zero-order chi connectivity index (χ0) is 16.5. The van der Waals surface area contributed by atoms with Crippen molar-refractivity contribution in [1.29, 1.82) is 0 Å². The third-order valence-electron chi connectivity index (χ3n) is 3.50. The van der Waals surface area contributed by atoms with Crippen LogP contribution in [0.3, 0.4) is 0 Å². The van der Waals surface area contributed by atoms with Gasteiger partial charge in [-0.3, -0.25) is 0 Å². The summed E-state index contributed by atoms with van der Waals surface area (Å²) in [5.74, 6) is 0.256. The second-order valence-electron chi connectivity index (χ2n) is 6.71. The molecule has 1 heterocycles. The SMILES string of the molecule is CC(NC1CN(C(=O)OC(C)(C)C)C1)c1cc(O)ccc1O. The maximum atomic E-state index is 11.8. The predicted octanol–water partition coefficient (Wildman–Crippen LogP) is 2.37. The molecule has 1 aliphatic rings. The molecule has 6 nitrogen and oxygen atoms in total. The molecule has 2 rings (SSSR count). The van der Waals surface area contributed by atoms with Gasteiger partial charge in [0.2, 0.25) is 0 Å². The number of carbonyl (C=O) groups excluding carboxylic acids is 1. The second kappa shape index (κ2) is 6.04. The lowest BCUT2D eigenvalue weighted by molar-refractivity contribution is 0.00430.